The van der Waals surface area contributed by atoms with Gasteiger partial charge >= 0.3 is 5.97 Å². The summed E-state index contributed by atoms with van der Waals surface area (Å²) in [6, 6.07) is 0. The van der Waals surface area contributed by atoms with Crippen LogP contribution in [0, 0.1) is 0 Å². The molecule has 0 aliphatic carbocycles. The Kier molecular flexibility index (Phi) is 1.92. The van der Waals surface area contributed by atoms with Gasteiger partial charge in [0.25, 0.3) is 0 Å². The van der Waals surface area contributed by atoms with Gasteiger partial charge in [-0.3, -0.25) is 0 Å². The summed E-state index contributed by atoms with van der Waals surface area (Å²) in [6.07, 6.45) is 1.54. The summed E-state index contributed by atoms with van der Waals surface area (Å²) >= 11 is 1.24. The highest BCUT2D eigenvalue weighted by atomic mass is 32.1. The van der Waals surface area contributed by atoms with Gasteiger partial charge in [0.1, 0.15) is 5.01 Å². The molecule has 1 heterocycles. The van der Waals surface area contributed by atoms with Crippen LogP contribution in [0.2, 0.25) is 0 Å². The maximum absolute atomic E-state index is 10.6. The molecule has 1 aromatic rings. The zero-order valence-electron chi connectivity index (χ0n) is 5.94. The topological polar surface area (TPSA) is 76.2 Å². The van der Waals surface area contributed by atoms with E-state index in [0.29, 0.717) is 5.01 Å². The van der Waals surface area contributed by atoms with Crippen LogP contribution in [0.3, 0.4) is 0 Å². The Labute approximate surface area is 67.7 Å². The first-order valence-corrected chi connectivity index (χ1v) is 3.85. The lowest BCUT2D eigenvalue weighted by atomic mass is 10.1. The quantitative estimate of drug-likeness (QED) is 0.677. The van der Waals surface area contributed by atoms with E-state index >= 15 is 0 Å². The van der Waals surface area contributed by atoms with E-state index < -0.39 is 11.5 Å². The third kappa shape index (κ3) is 1.38. The molecular weight excluding hydrogens is 164 g/mol. The Hall–Kier alpha value is -0.940. The molecule has 5 heteroatoms. The van der Waals surface area contributed by atoms with Crippen molar-refractivity contribution in [3.8, 4) is 0 Å². The largest absolute Gasteiger partial charge is 0.480 e. The van der Waals surface area contributed by atoms with Crippen LogP contribution < -0.4 is 5.73 Å². The van der Waals surface area contributed by atoms with Crippen LogP contribution in [0.4, 0.5) is 0 Å². The molecule has 0 aromatic carbocycles. The molecule has 0 spiro atoms. The van der Waals surface area contributed by atoms with Crippen molar-refractivity contribution in [2.75, 3.05) is 0 Å². The molecule has 0 amide bonds. The standard InChI is InChI=1S/C6H8N2O2S/c1-6(7,5(9)10)4-8-2-3-11-4/h2-3H,7H2,1H3,(H,9,10). The number of aliphatic carboxylic acids is 1. The fourth-order valence-corrected chi connectivity index (χ4v) is 1.28. The van der Waals surface area contributed by atoms with Gasteiger partial charge in [0.15, 0.2) is 5.54 Å². The number of nitrogens with zero attached hydrogens (tertiary/aromatic N) is 1. The Morgan fingerprint density at radius 1 is 1.91 bits per heavy atom. The van der Waals surface area contributed by atoms with Crippen molar-refractivity contribution in [1.29, 1.82) is 0 Å². The summed E-state index contributed by atoms with van der Waals surface area (Å²) in [4.78, 5) is 14.4. The second-order valence-electron chi connectivity index (χ2n) is 2.34. The van der Waals surface area contributed by atoms with E-state index in [4.69, 9.17) is 10.8 Å². The minimum absolute atomic E-state index is 0.421. The van der Waals surface area contributed by atoms with Crippen LogP contribution in [0.5, 0.6) is 0 Å². The molecule has 0 aliphatic heterocycles. The van der Waals surface area contributed by atoms with Crippen molar-refractivity contribution < 1.29 is 9.90 Å². The van der Waals surface area contributed by atoms with E-state index in [2.05, 4.69) is 4.98 Å². The summed E-state index contributed by atoms with van der Waals surface area (Å²) in [7, 11) is 0. The van der Waals surface area contributed by atoms with Gasteiger partial charge < -0.3 is 10.8 Å². The number of carbonyl (C=O) groups is 1. The molecule has 3 N–H and O–H groups in total. The summed E-state index contributed by atoms with van der Waals surface area (Å²) in [5.74, 6) is -1.06. The molecule has 1 unspecified atom stereocenters. The van der Waals surface area contributed by atoms with Crippen LogP contribution in [-0.2, 0) is 10.3 Å². The first-order valence-electron chi connectivity index (χ1n) is 2.97. The normalized spacial score (nSPS) is 15.8. The Morgan fingerprint density at radius 2 is 2.55 bits per heavy atom. The van der Waals surface area contributed by atoms with E-state index in [9.17, 15) is 4.79 Å². The van der Waals surface area contributed by atoms with E-state index in [1.165, 1.54) is 24.5 Å². The van der Waals surface area contributed by atoms with Crippen molar-refractivity contribution in [1.82, 2.24) is 4.98 Å². The molecule has 0 aliphatic rings. The molecule has 0 saturated heterocycles. The van der Waals surface area contributed by atoms with E-state index in [-0.39, 0.29) is 0 Å². The van der Waals surface area contributed by atoms with Crippen LogP contribution >= 0.6 is 11.3 Å². The second kappa shape index (κ2) is 2.60. The molecule has 0 saturated carbocycles. The third-order valence-corrected chi connectivity index (χ3v) is 2.33. The summed E-state index contributed by atoms with van der Waals surface area (Å²) in [6.45, 7) is 1.42. The van der Waals surface area contributed by atoms with Gasteiger partial charge in [0.2, 0.25) is 0 Å². The molecule has 0 fully saturated rings. The van der Waals surface area contributed by atoms with Crippen molar-refractivity contribution in [3.63, 3.8) is 0 Å². The zero-order chi connectivity index (χ0) is 8.48. The van der Waals surface area contributed by atoms with Gasteiger partial charge in [-0.15, -0.1) is 11.3 Å². The second-order valence-corrected chi connectivity index (χ2v) is 3.24. The predicted molar refractivity (Wildman–Crippen MR) is 41.3 cm³/mol. The highest BCUT2D eigenvalue weighted by Crippen LogP contribution is 2.19. The first-order chi connectivity index (χ1) is 5.05. The fraction of sp³-hybridized carbons (Fsp3) is 0.333. The minimum Gasteiger partial charge on any atom is -0.480 e. The van der Waals surface area contributed by atoms with Gasteiger partial charge in [0.05, 0.1) is 0 Å². The summed E-state index contributed by atoms with van der Waals surface area (Å²) in [5, 5.41) is 10.8. The smallest absolute Gasteiger partial charge is 0.330 e. The van der Waals surface area contributed by atoms with Crippen LogP contribution in [-0.4, -0.2) is 16.1 Å². The number of rotatable bonds is 2. The van der Waals surface area contributed by atoms with E-state index in [1.807, 2.05) is 0 Å². The highest BCUT2D eigenvalue weighted by molar-refractivity contribution is 7.09. The number of aromatic nitrogens is 1. The molecule has 1 atom stereocenters. The number of hydrogen-bond acceptors (Lipinski definition) is 4. The summed E-state index contributed by atoms with van der Waals surface area (Å²) in [5.41, 5.74) is 4.12. The number of hydrogen-bond donors (Lipinski definition) is 2. The zero-order valence-corrected chi connectivity index (χ0v) is 6.76. The van der Waals surface area contributed by atoms with Crippen molar-refractivity contribution in [2.24, 2.45) is 5.73 Å². The fourth-order valence-electron chi connectivity index (χ4n) is 0.571. The molecular formula is C6H8N2O2S. The van der Waals surface area contributed by atoms with Crippen LogP contribution in [0.25, 0.3) is 0 Å². The average molecular weight is 172 g/mol. The van der Waals surface area contributed by atoms with Crippen molar-refractivity contribution in [3.05, 3.63) is 16.6 Å². The SMILES string of the molecule is CC(N)(C(=O)O)c1nccs1. The van der Waals surface area contributed by atoms with Gasteiger partial charge in [-0.25, -0.2) is 9.78 Å². The van der Waals surface area contributed by atoms with Gasteiger partial charge in [-0.05, 0) is 6.92 Å². The van der Waals surface area contributed by atoms with E-state index in [1.54, 1.807) is 5.38 Å². The monoisotopic (exact) mass is 172 g/mol. The number of carboxylic acids is 1. The highest BCUT2D eigenvalue weighted by Gasteiger charge is 2.32. The lowest BCUT2D eigenvalue weighted by Gasteiger charge is -2.14. The van der Waals surface area contributed by atoms with E-state index in [0.717, 1.165) is 0 Å². The molecule has 4 nitrogen and oxygen atoms in total. The van der Waals surface area contributed by atoms with Crippen LogP contribution in [0.1, 0.15) is 11.9 Å². The van der Waals surface area contributed by atoms with Crippen molar-refractivity contribution >= 4 is 17.3 Å². The number of carboxylic acid groups (broad SMARTS) is 1. The molecule has 60 valence electrons. The number of nitrogens with two attached hydrogens (primary N) is 1. The van der Waals surface area contributed by atoms with Crippen LogP contribution in [0.15, 0.2) is 11.6 Å². The predicted octanol–water partition coefficient (Wildman–Crippen LogP) is 0.402. The molecule has 1 aromatic heterocycles. The first kappa shape index (κ1) is 8.16. The van der Waals surface area contributed by atoms with Gasteiger partial charge in [0, 0.05) is 11.6 Å². The van der Waals surface area contributed by atoms with Gasteiger partial charge in [-0.2, -0.15) is 0 Å². The lowest BCUT2D eigenvalue weighted by Crippen LogP contribution is -2.41. The minimum atomic E-state index is -1.35. The Morgan fingerprint density at radius 3 is 2.91 bits per heavy atom. The van der Waals surface area contributed by atoms with Crippen molar-refractivity contribution in [2.45, 2.75) is 12.5 Å². The maximum atomic E-state index is 10.6. The maximum Gasteiger partial charge on any atom is 0.330 e. The number of thiazole rings is 1. The van der Waals surface area contributed by atoms with Gasteiger partial charge in [-0.1, -0.05) is 0 Å². The summed E-state index contributed by atoms with van der Waals surface area (Å²) < 4.78 is 0. The third-order valence-electron chi connectivity index (χ3n) is 1.32. The molecule has 1 rings (SSSR count). The lowest BCUT2D eigenvalue weighted by molar-refractivity contribution is -0.143. The Balaban J connectivity index is 3.00. The molecule has 0 bridgehead atoms. The Bertz CT molecular complexity index is 256. The molecule has 11 heavy (non-hydrogen) atoms. The molecule has 0 radical (unpaired) electrons. The average Bonchev–Trinajstić information content (AvgIpc) is 2.37.